The maximum atomic E-state index is 12.0. The van der Waals surface area contributed by atoms with E-state index in [1.54, 1.807) is 0 Å². The number of rotatable bonds is 6. The molecule has 1 aliphatic rings. The molecular weight excluding hydrogens is 248 g/mol. The molecule has 0 radical (unpaired) electrons. The molecule has 20 heavy (non-hydrogen) atoms. The number of benzene rings is 1. The van der Waals surface area contributed by atoms with Crippen molar-refractivity contribution in [1.29, 1.82) is 0 Å². The van der Waals surface area contributed by atoms with Gasteiger partial charge >= 0.3 is 0 Å². The Balaban J connectivity index is 1.72. The highest BCUT2D eigenvalue weighted by Crippen LogP contribution is 2.18. The van der Waals surface area contributed by atoms with Gasteiger partial charge in [0.1, 0.15) is 0 Å². The predicted molar refractivity (Wildman–Crippen MR) is 82.8 cm³/mol. The SMILES string of the molecule is C[C@H](CC(=O)NC[C@@H](C)N1CCCC1)c1ccccc1. The second-order valence-corrected chi connectivity index (χ2v) is 5.91. The Labute approximate surface area is 122 Å². The van der Waals surface area contributed by atoms with Crippen LogP contribution in [-0.2, 0) is 4.79 Å². The number of nitrogens with one attached hydrogen (secondary N) is 1. The van der Waals surface area contributed by atoms with Crippen molar-refractivity contribution in [2.45, 2.75) is 45.1 Å². The van der Waals surface area contributed by atoms with E-state index in [0.717, 1.165) is 6.54 Å². The van der Waals surface area contributed by atoms with Crippen molar-refractivity contribution >= 4 is 5.91 Å². The van der Waals surface area contributed by atoms with Gasteiger partial charge in [-0.2, -0.15) is 0 Å². The molecule has 1 amide bonds. The molecule has 0 unspecified atom stereocenters. The number of hydrogen-bond donors (Lipinski definition) is 1. The molecule has 0 saturated carbocycles. The fourth-order valence-electron chi connectivity index (χ4n) is 2.82. The van der Waals surface area contributed by atoms with E-state index >= 15 is 0 Å². The highest BCUT2D eigenvalue weighted by molar-refractivity contribution is 5.76. The van der Waals surface area contributed by atoms with Crippen LogP contribution in [0.4, 0.5) is 0 Å². The molecule has 1 aromatic carbocycles. The van der Waals surface area contributed by atoms with Crippen molar-refractivity contribution in [1.82, 2.24) is 10.2 Å². The fourth-order valence-corrected chi connectivity index (χ4v) is 2.82. The molecule has 3 heteroatoms. The van der Waals surface area contributed by atoms with E-state index in [0.29, 0.717) is 12.5 Å². The minimum absolute atomic E-state index is 0.160. The maximum absolute atomic E-state index is 12.0. The maximum Gasteiger partial charge on any atom is 0.220 e. The third-order valence-electron chi connectivity index (χ3n) is 4.22. The number of amides is 1. The van der Waals surface area contributed by atoms with Gasteiger partial charge < -0.3 is 5.32 Å². The smallest absolute Gasteiger partial charge is 0.220 e. The molecule has 110 valence electrons. The van der Waals surface area contributed by atoms with E-state index in [1.807, 2.05) is 18.2 Å². The Morgan fingerprint density at radius 1 is 1.20 bits per heavy atom. The first-order valence-electron chi connectivity index (χ1n) is 7.72. The summed E-state index contributed by atoms with van der Waals surface area (Å²) in [5, 5.41) is 3.08. The minimum Gasteiger partial charge on any atom is -0.355 e. The Morgan fingerprint density at radius 3 is 2.50 bits per heavy atom. The van der Waals surface area contributed by atoms with E-state index in [4.69, 9.17) is 0 Å². The lowest BCUT2D eigenvalue weighted by Crippen LogP contribution is -2.40. The van der Waals surface area contributed by atoms with Crippen molar-refractivity contribution in [3.63, 3.8) is 0 Å². The summed E-state index contributed by atoms with van der Waals surface area (Å²) in [6.07, 6.45) is 3.16. The summed E-state index contributed by atoms with van der Waals surface area (Å²) in [4.78, 5) is 14.5. The Kier molecular flexibility index (Phi) is 5.60. The Morgan fingerprint density at radius 2 is 1.85 bits per heavy atom. The van der Waals surface area contributed by atoms with Crippen LogP contribution in [0.1, 0.15) is 44.6 Å². The van der Waals surface area contributed by atoms with Crippen LogP contribution < -0.4 is 5.32 Å². The van der Waals surface area contributed by atoms with Crippen molar-refractivity contribution in [3.05, 3.63) is 35.9 Å². The van der Waals surface area contributed by atoms with Gasteiger partial charge in [-0.05, 0) is 44.3 Å². The van der Waals surface area contributed by atoms with Crippen LogP contribution in [-0.4, -0.2) is 36.5 Å². The van der Waals surface area contributed by atoms with Crippen molar-refractivity contribution in [2.75, 3.05) is 19.6 Å². The summed E-state index contributed by atoms with van der Waals surface area (Å²) >= 11 is 0. The molecule has 0 spiro atoms. The average molecular weight is 274 g/mol. The molecule has 1 N–H and O–H groups in total. The molecule has 0 bridgehead atoms. The van der Waals surface area contributed by atoms with Crippen molar-refractivity contribution in [3.8, 4) is 0 Å². The topological polar surface area (TPSA) is 32.3 Å². The molecule has 0 aliphatic carbocycles. The lowest BCUT2D eigenvalue weighted by Gasteiger charge is -2.24. The first kappa shape index (κ1) is 15.0. The van der Waals surface area contributed by atoms with Gasteiger partial charge in [-0.1, -0.05) is 37.3 Å². The monoisotopic (exact) mass is 274 g/mol. The zero-order valence-corrected chi connectivity index (χ0v) is 12.6. The van der Waals surface area contributed by atoms with E-state index in [-0.39, 0.29) is 11.8 Å². The van der Waals surface area contributed by atoms with Crippen LogP contribution in [0.3, 0.4) is 0 Å². The molecule has 1 aliphatic heterocycles. The largest absolute Gasteiger partial charge is 0.355 e. The molecule has 1 fully saturated rings. The van der Waals surface area contributed by atoms with Gasteiger partial charge in [-0.3, -0.25) is 9.69 Å². The van der Waals surface area contributed by atoms with Gasteiger partial charge in [0, 0.05) is 19.0 Å². The second kappa shape index (κ2) is 7.44. The summed E-state index contributed by atoms with van der Waals surface area (Å²) in [6.45, 7) is 7.43. The highest BCUT2D eigenvalue weighted by atomic mass is 16.1. The van der Waals surface area contributed by atoms with Gasteiger partial charge in [0.25, 0.3) is 0 Å². The number of likely N-dealkylation sites (tertiary alicyclic amines) is 1. The summed E-state index contributed by atoms with van der Waals surface area (Å²) in [7, 11) is 0. The minimum atomic E-state index is 0.160. The second-order valence-electron chi connectivity index (χ2n) is 5.91. The first-order chi connectivity index (χ1) is 9.66. The molecule has 2 rings (SSSR count). The zero-order chi connectivity index (χ0) is 14.4. The van der Waals surface area contributed by atoms with Crippen LogP contribution in [0.15, 0.2) is 30.3 Å². The van der Waals surface area contributed by atoms with Crippen molar-refractivity contribution in [2.24, 2.45) is 0 Å². The summed E-state index contributed by atoms with van der Waals surface area (Å²) in [5.74, 6) is 0.436. The quantitative estimate of drug-likeness (QED) is 0.865. The van der Waals surface area contributed by atoms with E-state index in [2.05, 4.69) is 36.2 Å². The third-order valence-corrected chi connectivity index (χ3v) is 4.22. The number of carbonyl (C=O) groups excluding carboxylic acids is 1. The normalized spacial score (nSPS) is 18.7. The molecular formula is C17H26N2O. The first-order valence-corrected chi connectivity index (χ1v) is 7.72. The Hall–Kier alpha value is -1.35. The van der Waals surface area contributed by atoms with Gasteiger partial charge in [0.05, 0.1) is 0 Å². The summed E-state index contributed by atoms with van der Waals surface area (Å²) < 4.78 is 0. The third kappa shape index (κ3) is 4.34. The molecule has 2 atom stereocenters. The van der Waals surface area contributed by atoms with E-state index in [9.17, 15) is 4.79 Å². The fraction of sp³-hybridized carbons (Fsp3) is 0.588. The number of carbonyl (C=O) groups is 1. The van der Waals surface area contributed by atoms with Crippen LogP contribution in [0.5, 0.6) is 0 Å². The lowest BCUT2D eigenvalue weighted by molar-refractivity contribution is -0.121. The predicted octanol–water partition coefficient (Wildman–Crippen LogP) is 2.78. The van der Waals surface area contributed by atoms with Gasteiger partial charge in [-0.15, -0.1) is 0 Å². The lowest BCUT2D eigenvalue weighted by atomic mass is 9.97. The van der Waals surface area contributed by atoms with Crippen LogP contribution in [0.25, 0.3) is 0 Å². The zero-order valence-electron chi connectivity index (χ0n) is 12.6. The van der Waals surface area contributed by atoms with Gasteiger partial charge in [0.2, 0.25) is 5.91 Å². The van der Waals surface area contributed by atoms with E-state index < -0.39 is 0 Å². The summed E-state index contributed by atoms with van der Waals surface area (Å²) in [6, 6.07) is 10.7. The van der Waals surface area contributed by atoms with Gasteiger partial charge in [-0.25, -0.2) is 0 Å². The standard InChI is InChI=1S/C17H26N2O/c1-14(16-8-4-3-5-9-16)12-17(20)18-13-15(2)19-10-6-7-11-19/h3-5,8-9,14-15H,6-7,10-13H2,1-2H3,(H,18,20)/t14-,15-/m1/s1. The van der Waals surface area contributed by atoms with Gasteiger partial charge in [0.15, 0.2) is 0 Å². The van der Waals surface area contributed by atoms with Crippen LogP contribution in [0.2, 0.25) is 0 Å². The van der Waals surface area contributed by atoms with Crippen molar-refractivity contribution < 1.29 is 4.79 Å². The Bertz CT molecular complexity index is 412. The summed E-state index contributed by atoms with van der Waals surface area (Å²) in [5.41, 5.74) is 1.23. The number of hydrogen-bond acceptors (Lipinski definition) is 2. The highest BCUT2D eigenvalue weighted by Gasteiger charge is 2.18. The molecule has 0 aromatic heterocycles. The average Bonchev–Trinajstić information content (AvgIpc) is 3.00. The van der Waals surface area contributed by atoms with Crippen LogP contribution in [0, 0.1) is 0 Å². The molecule has 3 nitrogen and oxygen atoms in total. The van der Waals surface area contributed by atoms with Crippen LogP contribution >= 0.6 is 0 Å². The number of nitrogens with zero attached hydrogens (tertiary/aromatic N) is 1. The molecule has 1 heterocycles. The molecule has 1 aromatic rings. The molecule has 1 saturated heterocycles. The van der Waals surface area contributed by atoms with E-state index in [1.165, 1.54) is 31.5 Å².